The van der Waals surface area contributed by atoms with Crippen LogP contribution in [0.25, 0.3) is 11.1 Å². The third kappa shape index (κ3) is 4.39. The summed E-state index contributed by atoms with van der Waals surface area (Å²) < 4.78 is 8.80. The largest absolute Gasteiger partial charge is 0.392 e. The summed E-state index contributed by atoms with van der Waals surface area (Å²) in [6.07, 6.45) is 5.06. The van der Waals surface area contributed by atoms with Gasteiger partial charge in [-0.2, -0.15) is 5.10 Å². The predicted octanol–water partition coefficient (Wildman–Crippen LogP) is 1.73. The zero-order chi connectivity index (χ0) is 22.0. The van der Waals surface area contributed by atoms with Crippen molar-refractivity contribution in [2.24, 2.45) is 7.05 Å². The van der Waals surface area contributed by atoms with Crippen molar-refractivity contribution < 1.29 is 9.84 Å². The number of hydrogen-bond acceptors (Lipinski definition) is 7. The summed E-state index contributed by atoms with van der Waals surface area (Å²) in [6, 6.07) is 5.95. The van der Waals surface area contributed by atoms with E-state index in [4.69, 9.17) is 4.74 Å². The van der Waals surface area contributed by atoms with Gasteiger partial charge >= 0.3 is 0 Å². The molecule has 3 aromatic rings. The lowest BCUT2D eigenvalue weighted by molar-refractivity contribution is 0.0797. The maximum absolute atomic E-state index is 12.7. The number of ether oxygens (including phenoxy) is 1. The monoisotopic (exact) mass is 424 g/mol. The van der Waals surface area contributed by atoms with Crippen molar-refractivity contribution in [3.05, 3.63) is 58.4 Å². The first-order valence-corrected chi connectivity index (χ1v) is 10.3. The minimum Gasteiger partial charge on any atom is -0.392 e. The Hall–Kier alpha value is -3.01. The number of aliphatic hydroxyl groups excluding tert-OH is 1. The lowest BCUT2D eigenvalue weighted by Gasteiger charge is -2.32. The molecule has 1 atom stereocenters. The SMILES string of the molecule is COCC(C)N1CCn2nc(Nc3cc(-c4ccncc4CO)cn(C)c3=O)cc2C1. The number of aromatic nitrogens is 4. The molecule has 0 saturated heterocycles. The number of rotatable bonds is 7. The molecule has 0 saturated carbocycles. The van der Waals surface area contributed by atoms with Crippen LogP contribution in [-0.2, 0) is 31.5 Å². The van der Waals surface area contributed by atoms with E-state index in [1.807, 2.05) is 16.8 Å². The zero-order valence-electron chi connectivity index (χ0n) is 18.1. The average molecular weight is 425 g/mol. The fourth-order valence-electron chi connectivity index (χ4n) is 3.99. The van der Waals surface area contributed by atoms with Gasteiger partial charge in [-0.3, -0.25) is 19.4 Å². The fraction of sp³-hybridized carbons (Fsp3) is 0.409. The number of aliphatic hydroxyl groups is 1. The van der Waals surface area contributed by atoms with Gasteiger partial charge in [0.25, 0.3) is 5.56 Å². The van der Waals surface area contributed by atoms with Crippen LogP contribution < -0.4 is 10.9 Å². The molecule has 0 aromatic carbocycles. The highest BCUT2D eigenvalue weighted by Crippen LogP contribution is 2.26. The quantitative estimate of drug-likeness (QED) is 0.596. The van der Waals surface area contributed by atoms with Crippen LogP contribution in [0, 0.1) is 0 Å². The van der Waals surface area contributed by atoms with Crippen molar-refractivity contribution in [1.29, 1.82) is 0 Å². The Kier molecular flexibility index (Phi) is 6.17. The van der Waals surface area contributed by atoms with Gasteiger partial charge in [0, 0.05) is 69.1 Å². The lowest BCUT2D eigenvalue weighted by atomic mass is 10.0. The molecule has 31 heavy (non-hydrogen) atoms. The van der Waals surface area contributed by atoms with E-state index in [9.17, 15) is 9.90 Å². The molecule has 0 radical (unpaired) electrons. The van der Waals surface area contributed by atoms with Crippen molar-refractivity contribution in [2.75, 3.05) is 25.6 Å². The Bertz CT molecular complexity index is 1120. The Morgan fingerprint density at radius 3 is 2.94 bits per heavy atom. The van der Waals surface area contributed by atoms with Gasteiger partial charge in [-0.05, 0) is 24.6 Å². The molecule has 1 aliphatic heterocycles. The van der Waals surface area contributed by atoms with Crippen LogP contribution in [0.15, 0.2) is 41.6 Å². The second kappa shape index (κ2) is 9.01. The van der Waals surface area contributed by atoms with Gasteiger partial charge in [0.2, 0.25) is 0 Å². The smallest absolute Gasteiger partial charge is 0.274 e. The Morgan fingerprint density at radius 2 is 2.16 bits per heavy atom. The van der Waals surface area contributed by atoms with Crippen LogP contribution in [-0.4, -0.2) is 55.6 Å². The average Bonchev–Trinajstić information content (AvgIpc) is 3.18. The Labute approximate surface area is 180 Å². The van der Waals surface area contributed by atoms with E-state index in [2.05, 4.69) is 27.2 Å². The van der Waals surface area contributed by atoms with Gasteiger partial charge in [0.15, 0.2) is 5.82 Å². The van der Waals surface area contributed by atoms with E-state index in [0.29, 0.717) is 29.7 Å². The van der Waals surface area contributed by atoms with Gasteiger partial charge in [0.1, 0.15) is 5.69 Å². The van der Waals surface area contributed by atoms with Crippen LogP contribution in [0.4, 0.5) is 11.5 Å². The summed E-state index contributed by atoms with van der Waals surface area (Å²) in [4.78, 5) is 19.2. The molecule has 0 amide bonds. The van der Waals surface area contributed by atoms with Crippen LogP contribution >= 0.6 is 0 Å². The van der Waals surface area contributed by atoms with E-state index in [-0.39, 0.29) is 12.2 Å². The first-order chi connectivity index (χ1) is 15.0. The van der Waals surface area contributed by atoms with E-state index in [1.165, 1.54) is 4.57 Å². The van der Waals surface area contributed by atoms with E-state index >= 15 is 0 Å². The van der Waals surface area contributed by atoms with E-state index in [0.717, 1.165) is 36.5 Å². The summed E-state index contributed by atoms with van der Waals surface area (Å²) >= 11 is 0. The third-order valence-corrected chi connectivity index (χ3v) is 5.69. The minimum absolute atomic E-state index is 0.124. The third-order valence-electron chi connectivity index (χ3n) is 5.69. The lowest BCUT2D eigenvalue weighted by Crippen LogP contribution is -2.41. The highest BCUT2D eigenvalue weighted by Gasteiger charge is 2.22. The van der Waals surface area contributed by atoms with E-state index < -0.39 is 0 Å². The Balaban J connectivity index is 1.61. The maximum Gasteiger partial charge on any atom is 0.274 e. The molecule has 164 valence electrons. The molecular formula is C22H28N6O3. The summed E-state index contributed by atoms with van der Waals surface area (Å²) in [5.74, 6) is 0.641. The van der Waals surface area contributed by atoms with Crippen LogP contribution in [0.5, 0.6) is 0 Å². The second-order valence-corrected chi connectivity index (χ2v) is 7.89. The standard InChI is InChI=1S/C22H28N6O3/c1-15(14-31-3)27-6-7-28-18(12-27)9-21(25-28)24-20-8-16(11-26(2)22(20)30)19-4-5-23-10-17(19)13-29/h4-5,8-11,15,29H,6-7,12-14H2,1-3H3,(H,24,25). The number of aryl methyl sites for hydroxylation is 1. The normalized spacial score (nSPS) is 15.0. The van der Waals surface area contributed by atoms with E-state index in [1.54, 1.807) is 38.8 Å². The number of nitrogens with one attached hydrogen (secondary N) is 1. The van der Waals surface area contributed by atoms with Crippen molar-refractivity contribution in [3.63, 3.8) is 0 Å². The molecule has 1 aliphatic rings. The molecule has 0 bridgehead atoms. The summed E-state index contributed by atoms with van der Waals surface area (Å²) in [6.45, 7) is 5.20. The van der Waals surface area contributed by atoms with Crippen molar-refractivity contribution >= 4 is 11.5 Å². The second-order valence-electron chi connectivity index (χ2n) is 7.89. The van der Waals surface area contributed by atoms with Gasteiger partial charge in [-0.1, -0.05) is 0 Å². The molecule has 9 nitrogen and oxygen atoms in total. The predicted molar refractivity (Wildman–Crippen MR) is 118 cm³/mol. The van der Waals surface area contributed by atoms with Gasteiger partial charge < -0.3 is 19.7 Å². The molecule has 4 heterocycles. The molecule has 9 heteroatoms. The maximum atomic E-state index is 12.7. The van der Waals surface area contributed by atoms with Crippen LogP contribution in [0.2, 0.25) is 0 Å². The molecular weight excluding hydrogens is 396 g/mol. The number of fused-ring (bicyclic) bond motifs is 1. The van der Waals surface area contributed by atoms with Crippen molar-refractivity contribution in [1.82, 2.24) is 24.2 Å². The molecule has 1 unspecified atom stereocenters. The molecule has 0 spiro atoms. The first-order valence-electron chi connectivity index (χ1n) is 10.3. The van der Waals surface area contributed by atoms with Crippen molar-refractivity contribution in [2.45, 2.75) is 32.7 Å². The fourth-order valence-corrected chi connectivity index (χ4v) is 3.99. The van der Waals surface area contributed by atoms with Gasteiger partial charge in [-0.15, -0.1) is 0 Å². The first kappa shape index (κ1) is 21.2. The van der Waals surface area contributed by atoms with Crippen LogP contribution in [0.1, 0.15) is 18.2 Å². The molecule has 2 N–H and O–H groups in total. The highest BCUT2D eigenvalue weighted by molar-refractivity contribution is 5.71. The zero-order valence-corrected chi connectivity index (χ0v) is 18.1. The molecule has 4 rings (SSSR count). The highest BCUT2D eigenvalue weighted by atomic mass is 16.5. The molecule has 0 fully saturated rings. The Morgan fingerprint density at radius 1 is 1.32 bits per heavy atom. The number of hydrogen-bond donors (Lipinski definition) is 2. The number of methoxy groups -OCH3 is 1. The van der Waals surface area contributed by atoms with Crippen LogP contribution in [0.3, 0.4) is 0 Å². The number of nitrogens with zero attached hydrogens (tertiary/aromatic N) is 5. The van der Waals surface area contributed by atoms with Gasteiger partial charge in [-0.25, -0.2) is 0 Å². The summed E-state index contributed by atoms with van der Waals surface area (Å²) in [7, 11) is 3.43. The topological polar surface area (TPSA) is 97.4 Å². The van der Waals surface area contributed by atoms with Crippen molar-refractivity contribution in [3.8, 4) is 11.1 Å². The number of anilines is 2. The van der Waals surface area contributed by atoms with Gasteiger partial charge in [0.05, 0.1) is 25.5 Å². The molecule has 0 aliphatic carbocycles. The number of pyridine rings is 2. The summed E-state index contributed by atoms with van der Waals surface area (Å²) in [5, 5.41) is 17.5. The summed E-state index contributed by atoms with van der Waals surface area (Å²) in [5.41, 5.74) is 3.74. The minimum atomic E-state index is -0.148. The molecule has 3 aromatic heterocycles.